The van der Waals surface area contributed by atoms with Gasteiger partial charge >= 0.3 is 5.97 Å². The summed E-state index contributed by atoms with van der Waals surface area (Å²) >= 11 is 0. The molecule has 59 heavy (non-hydrogen) atoms. The van der Waals surface area contributed by atoms with E-state index in [2.05, 4.69) is 68.6 Å². The van der Waals surface area contributed by atoms with Crippen LogP contribution in [0.2, 0.25) is 0 Å². The Labute approximate surface area is 366 Å². The molecule has 0 saturated heterocycles. The second-order valence-electron chi connectivity index (χ2n) is 17.2. The highest BCUT2D eigenvalue weighted by molar-refractivity contribution is 5.77. The molecule has 0 aliphatic carbocycles. The molecule has 6 nitrogen and oxygen atoms in total. The van der Waals surface area contributed by atoms with E-state index in [1.165, 1.54) is 135 Å². The third kappa shape index (κ3) is 42.3. The fraction of sp³-hybridized carbons (Fsp3) is 0.811. The third-order valence-electron chi connectivity index (χ3n) is 11.4. The van der Waals surface area contributed by atoms with Crippen molar-refractivity contribution in [3.63, 3.8) is 0 Å². The van der Waals surface area contributed by atoms with E-state index < -0.39 is 18.2 Å². The van der Waals surface area contributed by atoms with Crippen molar-refractivity contribution >= 4 is 11.9 Å². The molecule has 0 rings (SSSR count). The van der Waals surface area contributed by atoms with Gasteiger partial charge in [0.15, 0.2) is 0 Å². The first-order valence-corrected chi connectivity index (χ1v) is 25.4. The molecule has 0 saturated carbocycles. The number of aliphatic hydroxyl groups is 2. The normalized spacial score (nSPS) is 13.6. The van der Waals surface area contributed by atoms with Gasteiger partial charge in [-0.05, 0) is 70.6 Å². The minimum Gasteiger partial charge on any atom is -0.462 e. The van der Waals surface area contributed by atoms with Crippen LogP contribution in [0, 0.1) is 0 Å². The Kier molecular flexibility index (Phi) is 45.1. The van der Waals surface area contributed by atoms with Crippen molar-refractivity contribution in [2.45, 2.75) is 270 Å². The van der Waals surface area contributed by atoms with E-state index >= 15 is 0 Å². The van der Waals surface area contributed by atoms with Crippen molar-refractivity contribution in [3.05, 3.63) is 48.6 Å². The highest BCUT2D eigenvalue weighted by Gasteiger charge is 2.24. The Hall–Kier alpha value is -2.18. The molecule has 3 atom stereocenters. The number of carbonyl (C=O) groups is 2. The number of carbonyl (C=O) groups excluding carboxylic acids is 2. The number of amides is 1. The Balaban J connectivity index is 4.71. The zero-order valence-corrected chi connectivity index (χ0v) is 39.1. The molecule has 3 unspecified atom stereocenters. The van der Waals surface area contributed by atoms with Crippen LogP contribution in [0.1, 0.15) is 252 Å². The van der Waals surface area contributed by atoms with Crippen molar-refractivity contribution in [2.24, 2.45) is 0 Å². The maximum absolute atomic E-state index is 13.2. The van der Waals surface area contributed by atoms with Crippen molar-refractivity contribution in [1.29, 1.82) is 0 Å². The molecule has 0 heterocycles. The molecule has 0 aliphatic heterocycles. The lowest BCUT2D eigenvalue weighted by atomic mass is 10.0. The first-order valence-electron chi connectivity index (χ1n) is 25.4. The summed E-state index contributed by atoms with van der Waals surface area (Å²) in [6.45, 7) is 6.44. The molecule has 0 spiro atoms. The fourth-order valence-corrected chi connectivity index (χ4v) is 7.53. The summed E-state index contributed by atoms with van der Waals surface area (Å²) in [4.78, 5) is 26.0. The van der Waals surface area contributed by atoms with Crippen LogP contribution in [0.25, 0.3) is 0 Å². The molecular weight excluding hydrogens is 731 g/mol. The third-order valence-corrected chi connectivity index (χ3v) is 11.4. The molecule has 0 aliphatic rings. The highest BCUT2D eigenvalue weighted by Crippen LogP contribution is 2.17. The minimum absolute atomic E-state index is 0.0378. The molecule has 344 valence electrons. The average Bonchev–Trinajstić information content (AvgIpc) is 3.23. The summed E-state index contributed by atoms with van der Waals surface area (Å²) in [5.74, 6) is -0.578. The molecular formula is C53H97NO5. The SMILES string of the molecule is CCCCCCCC/C=C\C/C=C/CCC(=O)OC(CCCCC/C=C/C=C/CCCCCCCCC)CC(=O)NC(CO)C(O)CCCCCCCCCCCCC. The summed E-state index contributed by atoms with van der Waals surface area (Å²) in [6, 6.07) is -0.719. The molecule has 3 N–H and O–H groups in total. The number of esters is 1. The van der Waals surface area contributed by atoms with Gasteiger partial charge in [0.25, 0.3) is 0 Å². The van der Waals surface area contributed by atoms with E-state index in [1.807, 2.05) is 6.08 Å². The number of aliphatic hydroxyl groups excluding tert-OH is 2. The van der Waals surface area contributed by atoms with E-state index in [-0.39, 0.29) is 31.3 Å². The maximum Gasteiger partial charge on any atom is 0.306 e. The van der Waals surface area contributed by atoms with Gasteiger partial charge in [0.2, 0.25) is 5.91 Å². The van der Waals surface area contributed by atoms with Gasteiger partial charge in [-0.15, -0.1) is 0 Å². The summed E-state index contributed by atoms with van der Waals surface area (Å²) in [6.07, 6.45) is 56.1. The van der Waals surface area contributed by atoms with Crippen molar-refractivity contribution in [3.8, 4) is 0 Å². The van der Waals surface area contributed by atoms with Crippen LogP contribution < -0.4 is 5.32 Å². The topological polar surface area (TPSA) is 95.9 Å². The van der Waals surface area contributed by atoms with Crippen LogP contribution in [-0.2, 0) is 14.3 Å². The van der Waals surface area contributed by atoms with Crippen LogP contribution in [-0.4, -0.2) is 46.9 Å². The summed E-state index contributed by atoms with van der Waals surface area (Å²) in [5, 5.41) is 23.7. The lowest BCUT2D eigenvalue weighted by molar-refractivity contribution is -0.150. The molecule has 0 aromatic rings. The first-order chi connectivity index (χ1) is 29.0. The number of rotatable bonds is 45. The van der Waals surface area contributed by atoms with Gasteiger partial charge in [-0.3, -0.25) is 9.59 Å². The predicted octanol–water partition coefficient (Wildman–Crippen LogP) is 15.1. The van der Waals surface area contributed by atoms with Crippen LogP contribution in [0.5, 0.6) is 0 Å². The first kappa shape index (κ1) is 56.8. The largest absolute Gasteiger partial charge is 0.462 e. The highest BCUT2D eigenvalue weighted by atomic mass is 16.5. The monoisotopic (exact) mass is 828 g/mol. The number of unbranched alkanes of at least 4 members (excludes halogenated alkanes) is 26. The number of hydrogen-bond acceptors (Lipinski definition) is 5. The van der Waals surface area contributed by atoms with Crippen LogP contribution in [0.15, 0.2) is 48.6 Å². The van der Waals surface area contributed by atoms with Crippen molar-refractivity contribution < 1.29 is 24.5 Å². The van der Waals surface area contributed by atoms with Gasteiger partial charge < -0.3 is 20.3 Å². The second-order valence-corrected chi connectivity index (χ2v) is 17.2. The van der Waals surface area contributed by atoms with Gasteiger partial charge in [0.05, 0.1) is 25.2 Å². The van der Waals surface area contributed by atoms with E-state index in [9.17, 15) is 19.8 Å². The molecule has 0 radical (unpaired) electrons. The minimum atomic E-state index is -0.802. The van der Waals surface area contributed by atoms with E-state index in [0.717, 1.165) is 64.2 Å². The quantitative estimate of drug-likeness (QED) is 0.0246. The van der Waals surface area contributed by atoms with Crippen molar-refractivity contribution in [2.75, 3.05) is 6.61 Å². The Bertz CT molecular complexity index is 1020. The maximum atomic E-state index is 13.2. The summed E-state index contributed by atoms with van der Waals surface area (Å²) < 4.78 is 5.88. The Morgan fingerprint density at radius 2 is 0.915 bits per heavy atom. The molecule has 6 heteroatoms. The Morgan fingerprint density at radius 3 is 1.41 bits per heavy atom. The zero-order valence-electron chi connectivity index (χ0n) is 39.1. The van der Waals surface area contributed by atoms with Crippen molar-refractivity contribution in [1.82, 2.24) is 5.32 Å². The standard InChI is InChI=1S/C53H97NO5/c1-4-7-10-13-16-19-22-24-25-26-28-30-32-35-38-41-44-49(59-53(58)46-43-40-37-34-31-27-23-20-17-14-11-8-5-2)47-52(57)54-50(48-55)51(56)45-42-39-36-33-29-21-18-15-12-9-6-3/h25-28,30-31,37,40,49-51,55-56H,4-24,29,32-36,38-39,41-48H2,1-3H3,(H,54,57)/b26-25+,30-28+,31-27-,40-37+. The van der Waals surface area contributed by atoms with Gasteiger partial charge in [-0.1, -0.05) is 217 Å². The molecule has 0 bridgehead atoms. The predicted molar refractivity (Wildman–Crippen MR) is 255 cm³/mol. The second kappa shape index (κ2) is 46.9. The van der Waals surface area contributed by atoms with E-state index in [1.54, 1.807) is 0 Å². The Morgan fingerprint density at radius 1 is 0.508 bits per heavy atom. The average molecular weight is 828 g/mol. The summed E-state index contributed by atoms with van der Waals surface area (Å²) in [5.41, 5.74) is 0. The molecule has 0 aromatic carbocycles. The lowest BCUT2D eigenvalue weighted by Crippen LogP contribution is -2.46. The molecule has 0 aromatic heterocycles. The van der Waals surface area contributed by atoms with Crippen LogP contribution in [0.4, 0.5) is 0 Å². The van der Waals surface area contributed by atoms with Gasteiger partial charge in [0.1, 0.15) is 6.10 Å². The fourth-order valence-electron chi connectivity index (χ4n) is 7.53. The number of ether oxygens (including phenoxy) is 1. The number of allylic oxidation sites excluding steroid dienone is 8. The van der Waals surface area contributed by atoms with Crippen LogP contribution >= 0.6 is 0 Å². The van der Waals surface area contributed by atoms with Gasteiger partial charge in [0, 0.05) is 6.42 Å². The van der Waals surface area contributed by atoms with E-state index in [0.29, 0.717) is 19.3 Å². The number of hydrogen-bond donors (Lipinski definition) is 3. The smallest absolute Gasteiger partial charge is 0.306 e. The zero-order chi connectivity index (χ0) is 43.1. The summed E-state index contributed by atoms with van der Waals surface area (Å²) in [7, 11) is 0. The number of nitrogens with one attached hydrogen (secondary N) is 1. The molecule has 0 fully saturated rings. The van der Waals surface area contributed by atoms with E-state index in [4.69, 9.17) is 4.74 Å². The van der Waals surface area contributed by atoms with Gasteiger partial charge in [-0.25, -0.2) is 0 Å². The molecule has 1 amide bonds. The lowest BCUT2D eigenvalue weighted by Gasteiger charge is -2.24. The van der Waals surface area contributed by atoms with Gasteiger partial charge in [-0.2, -0.15) is 0 Å². The van der Waals surface area contributed by atoms with Crippen LogP contribution in [0.3, 0.4) is 0 Å².